The van der Waals surface area contributed by atoms with E-state index in [0.717, 1.165) is 21.0 Å². The third kappa shape index (κ3) is 4.13. The topological polar surface area (TPSA) is 47.8 Å². The standard InChI is InChI=1S/C27H20ClNO3S2/c1-2-32-26(31)21-20-10-6-7-15-29(20)23-22(21)25(24(30)18-11-13-19(28)14-12-18)34-27(23)33-16-17-8-4-3-5-9-17/h3-15H,2,16H2,1H3. The lowest BCUT2D eigenvalue weighted by molar-refractivity contribution is 0.0531. The number of carbonyl (C=O) groups excluding carboxylic acids is 2. The number of fused-ring (bicyclic) bond motifs is 3. The third-order valence-corrected chi connectivity index (χ3v) is 8.22. The second-order valence-electron chi connectivity index (χ2n) is 7.60. The van der Waals surface area contributed by atoms with Gasteiger partial charge in [-0.15, -0.1) is 23.1 Å². The number of benzene rings is 2. The van der Waals surface area contributed by atoms with Crippen LogP contribution in [0.5, 0.6) is 0 Å². The van der Waals surface area contributed by atoms with Gasteiger partial charge in [0.1, 0.15) is 0 Å². The fourth-order valence-corrected chi connectivity index (χ4v) is 6.56. The zero-order valence-electron chi connectivity index (χ0n) is 18.3. The molecule has 0 saturated heterocycles. The number of nitrogens with zero attached hydrogens (tertiary/aromatic N) is 1. The molecule has 0 saturated carbocycles. The molecule has 4 nitrogen and oxygen atoms in total. The van der Waals surface area contributed by atoms with Gasteiger partial charge in [0.05, 0.1) is 32.3 Å². The van der Waals surface area contributed by atoms with Crippen LogP contribution in [-0.4, -0.2) is 22.8 Å². The number of rotatable bonds is 7. The summed E-state index contributed by atoms with van der Waals surface area (Å²) in [4.78, 5) is 27.3. The van der Waals surface area contributed by atoms with Gasteiger partial charge < -0.3 is 9.14 Å². The summed E-state index contributed by atoms with van der Waals surface area (Å²) < 4.78 is 8.38. The minimum absolute atomic E-state index is 0.139. The van der Waals surface area contributed by atoms with Crippen LogP contribution >= 0.6 is 34.7 Å². The monoisotopic (exact) mass is 505 g/mol. The van der Waals surface area contributed by atoms with Gasteiger partial charge in [0.2, 0.25) is 5.78 Å². The van der Waals surface area contributed by atoms with Crippen molar-refractivity contribution in [1.29, 1.82) is 0 Å². The molecule has 170 valence electrons. The van der Waals surface area contributed by atoms with Gasteiger partial charge in [-0.1, -0.05) is 48.0 Å². The number of aromatic nitrogens is 1. The molecule has 34 heavy (non-hydrogen) atoms. The maximum atomic E-state index is 13.7. The smallest absolute Gasteiger partial charge is 0.341 e. The first-order valence-electron chi connectivity index (χ1n) is 10.8. The Labute approximate surface area is 210 Å². The lowest BCUT2D eigenvalue weighted by Gasteiger charge is -2.04. The van der Waals surface area contributed by atoms with Gasteiger partial charge in [-0.3, -0.25) is 4.79 Å². The van der Waals surface area contributed by atoms with Crippen molar-refractivity contribution in [3.8, 4) is 0 Å². The quantitative estimate of drug-likeness (QED) is 0.130. The molecule has 0 aliphatic rings. The van der Waals surface area contributed by atoms with E-state index >= 15 is 0 Å². The Morgan fingerprint density at radius 2 is 1.74 bits per heavy atom. The molecule has 0 unspecified atom stereocenters. The molecule has 5 aromatic rings. The number of esters is 1. The zero-order valence-corrected chi connectivity index (χ0v) is 20.7. The lowest BCUT2D eigenvalue weighted by atomic mass is 10.1. The molecule has 2 aromatic carbocycles. The fraction of sp³-hybridized carbons (Fsp3) is 0.111. The number of halogens is 1. The van der Waals surface area contributed by atoms with Crippen molar-refractivity contribution in [2.75, 3.05) is 6.61 Å². The first kappa shape index (κ1) is 22.7. The Bertz CT molecular complexity index is 1500. The lowest BCUT2D eigenvalue weighted by Crippen LogP contribution is -2.06. The Hall–Kier alpha value is -3.06. The van der Waals surface area contributed by atoms with Crippen molar-refractivity contribution < 1.29 is 14.3 Å². The fourth-order valence-electron chi connectivity index (χ4n) is 3.95. The van der Waals surface area contributed by atoms with E-state index in [2.05, 4.69) is 12.1 Å². The summed E-state index contributed by atoms with van der Waals surface area (Å²) in [7, 11) is 0. The molecule has 3 aromatic heterocycles. The summed E-state index contributed by atoms with van der Waals surface area (Å²) in [6.07, 6.45) is 1.93. The predicted octanol–water partition coefficient (Wildman–Crippen LogP) is 7.51. The van der Waals surface area contributed by atoms with Crippen LogP contribution in [-0.2, 0) is 10.5 Å². The Morgan fingerprint density at radius 1 is 1.00 bits per heavy atom. The van der Waals surface area contributed by atoms with Gasteiger partial charge in [0.25, 0.3) is 0 Å². The van der Waals surface area contributed by atoms with E-state index in [9.17, 15) is 9.59 Å². The average molecular weight is 506 g/mol. The van der Waals surface area contributed by atoms with Crippen molar-refractivity contribution in [2.24, 2.45) is 0 Å². The Kier molecular flexibility index (Phi) is 6.46. The Balaban J connectivity index is 1.73. The Morgan fingerprint density at radius 3 is 2.47 bits per heavy atom. The van der Waals surface area contributed by atoms with E-state index in [0.29, 0.717) is 26.4 Å². The number of hydrogen-bond acceptors (Lipinski definition) is 5. The first-order chi connectivity index (χ1) is 16.6. The van der Waals surface area contributed by atoms with Crippen molar-refractivity contribution in [2.45, 2.75) is 16.9 Å². The van der Waals surface area contributed by atoms with Crippen molar-refractivity contribution in [1.82, 2.24) is 4.40 Å². The van der Waals surface area contributed by atoms with Crippen molar-refractivity contribution >= 4 is 62.9 Å². The molecule has 0 atom stereocenters. The van der Waals surface area contributed by atoms with Crippen LogP contribution in [0.15, 0.2) is 83.2 Å². The number of ether oxygens (including phenoxy) is 1. The number of ketones is 1. The van der Waals surface area contributed by atoms with Crippen LogP contribution < -0.4 is 0 Å². The average Bonchev–Trinajstić information content (AvgIpc) is 3.39. The van der Waals surface area contributed by atoms with Crippen molar-refractivity contribution in [3.05, 3.63) is 106 Å². The largest absolute Gasteiger partial charge is 0.462 e. The van der Waals surface area contributed by atoms with E-state index in [1.54, 1.807) is 43.0 Å². The number of carbonyl (C=O) groups is 2. The molecule has 7 heteroatoms. The van der Waals surface area contributed by atoms with Crippen LogP contribution in [0, 0.1) is 0 Å². The highest BCUT2D eigenvalue weighted by Gasteiger charge is 2.29. The highest BCUT2D eigenvalue weighted by Crippen LogP contribution is 2.44. The number of hydrogen-bond donors (Lipinski definition) is 0. The molecular weight excluding hydrogens is 486 g/mol. The molecule has 3 heterocycles. The normalized spacial score (nSPS) is 11.2. The molecule has 0 amide bonds. The molecule has 0 aliphatic carbocycles. The summed E-state index contributed by atoms with van der Waals surface area (Å²) in [6.45, 7) is 2.03. The molecule has 0 N–H and O–H groups in total. The van der Waals surface area contributed by atoms with Gasteiger partial charge in [-0.25, -0.2) is 4.79 Å². The van der Waals surface area contributed by atoms with Crippen LogP contribution in [0.25, 0.3) is 16.4 Å². The second-order valence-corrected chi connectivity index (χ2v) is 10.3. The molecule has 0 aliphatic heterocycles. The minimum atomic E-state index is -0.427. The summed E-state index contributed by atoms with van der Waals surface area (Å²) in [5.74, 6) is 0.184. The van der Waals surface area contributed by atoms with Gasteiger partial charge in [0.15, 0.2) is 0 Å². The third-order valence-electron chi connectivity index (χ3n) is 5.46. The maximum absolute atomic E-state index is 13.7. The van der Waals surface area contributed by atoms with E-state index in [1.807, 2.05) is 47.0 Å². The summed E-state index contributed by atoms with van der Waals surface area (Å²) in [5.41, 5.74) is 3.73. The summed E-state index contributed by atoms with van der Waals surface area (Å²) in [6, 6.07) is 22.7. The molecule has 5 rings (SSSR count). The van der Waals surface area contributed by atoms with Crippen molar-refractivity contribution in [3.63, 3.8) is 0 Å². The molecular formula is C27H20ClNO3S2. The maximum Gasteiger partial charge on any atom is 0.341 e. The molecule has 0 radical (unpaired) electrons. The first-order valence-corrected chi connectivity index (χ1v) is 13.0. The van der Waals surface area contributed by atoms with Crippen LogP contribution in [0.1, 0.15) is 38.1 Å². The molecule has 0 fully saturated rings. The zero-order chi connectivity index (χ0) is 23.7. The van der Waals surface area contributed by atoms with Gasteiger partial charge in [0, 0.05) is 27.9 Å². The van der Waals surface area contributed by atoms with Gasteiger partial charge in [-0.2, -0.15) is 0 Å². The SMILES string of the molecule is CCOC(=O)c1c2c(C(=O)c3ccc(Cl)cc3)sc(SCc3ccccc3)c2n2ccccc12. The van der Waals surface area contributed by atoms with E-state index < -0.39 is 5.97 Å². The van der Waals surface area contributed by atoms with E-state index in [1.165, 1.54) is 16.9 Å². The van der Waals surface area contributed by atoms with Crippen LogP contribution in [0.3, 0.4) is 0 Å². The molecule has 0 spiro atoms. The summed E-state index contributed by atoms with van der Waals surface area (Å²) in [5, 5.41) is 1.21. The minimum Gasteiger partial charge on any atom is -0.462 e. The summed E-state index contributed by atoms with van der Waals surface area (Å²) >= 11 is 9.13. The number of thiophene rings is 1. The van der Waals surface area contributed by atoms with Crippen LogP contribution in [0.2, 0.25) is 5.02 Å². The van der Waals surface area contributed by atoms with Gasteiger partial charge in [-0.05, 0) is 48.9 Å². The predicted molar refractivity (Wildman–Crippen MR) is 140 cm³/mol. The van der Waals surface area contributed by atoms with Crippen LogP contribution in [0.4, 0.5) is 0 Å². The van der Waals surface area contributed by atoms with E-state index in [-0.39, 0.29) is 12.4 Å². The highest BCUT2D eigenvalue weighted by molar-refractivity contribution is 8.00. The van der Waals surface area contributed by atoms with Gasteiger partial charge >= 0.3 is 5.97 Å². The van der Waals surface area contributed by atoms with E-state index in [4.69, 9.17) is 16.3 Å². The number of pyridine rings is 1. The second kappa shape index (κ2) is 9.66. The highest BCUT2D eigenvalue weighted by atomic mass is 35.5. The molecule has 0 bridgehead atoms. The number of thioether (sulfide) groups is 1.